The third kappa shape index (κ3) is 3.34. The van der Waals surface area contributed by atoms with Gasteiger partial charge < -0.3 is 10.6 Å². The van der Waals surface area contributed by atoms with Crippen LogP contribution in [0.1, 0.15) is 19.5 Å². The van der Waals surface area contributed by atoms with Crippen LogP contribution in [-0.4, -0.2) is 28.8 Å². The van der Waals surface area contributed by atoms with E-state index in [-0.39, 0.29) is 11.8 Å². The van der Waals surface area contributed by atoms with Crippen molar-refractivity contribution in [3.05, 3.63) is 11.9 Å². The van der Waals surface area contributed by atoms with E-state index in [1.54, 1.807) is 4.68 Å². The molecule has 1 rings (SSSR count). The van der Waals surface area contributed by atoms with E-state index < -0.39 is 0 Å². The lowest BCUT2D eigenvalue weighted by molar-refractivity contribution is -0.119. The van der Waals surface area contributed by atoms with Crippen molar-refractivity contribution in [3.8, 4) is 0 Å². The van der Waals surface area contributed by atoms with E-state index in [1.807, 2.05) is 34.0 Å². The van der Waals surface area contributed by atoms with E-state index in [0.717, 1.165) is 17.9 Å². The van der Waals surface area contributed by atoms with Crippen LogP contribution in [0, 0.1) is 12.8 Å². The zero-order valence-corrected chi connectivity index (χ0v) is 10.4. The van der Waals surface area contributed by atoms with E-state index in [9.17, 15) is 4.79 Å². The van der Waals surface area contributed by atoms with Crippen molar-refractivity contribution in [1.29, 1.82) is 0 Å². The fourth-order valence-electron chi connectivity index (χ4n) is 1.43. The number of amides is 1. The zero-order chi connectivity index (χ0) is 12.1. The highest BCUT2D eigenvalue weighted by atomic mass is 16.1. The van der Waals surface area contributed by atoms with Crippen LogP contribution < -0.4 is 10.6 Å². The van der Waals surface area contributed by atoms with Gasteiger partial charge in [-0.1, -0.05) is 13.8 Å². The summed E-state index contributed by atoms with van der Waals surface area (Å²) in [6, 6.07) is 0. The summed E-state index contributed by atoms with van der Waals surface area (Å²) in [5, 5.41) is 10.2. The number of nitrogens with one attached hydrogen (secondary N) is 2. The first kappa shape index (κ1) is 12.7. The van der Waals surface area contributed by atoms with Crippen LogP contribution in [0.4, 0.5) is 5.69 Å². The second-order valence-corrected chi connectivity index (χ2v) is 4.00. The maximum Gasteiger partial charge on any atom is 0.228 e. The normalized spacial score (nSPS) is 12.5. The first-order valence-electron chi connectivity index (χ1n) is 5.56. The van der Waals surface area contributed by atoms with Crippen LogP contribution in [0.15, 0.2) is 6.20 Å². The summed E-state index contributed by atoms with van der Waals surface area (Å²) in [4.78, 5) is 11.8. The van der Waals surface area contributed by atoms with Gasteiger partial charge >= 0.3 is 0 Å². The number of aryl methyl sites for hydroxylation is 2. The highest BCUT2D eigenvalue weighted by Crippen LogP contribution is 2.12. The van der Waals surface area contributed by atoms with E-state index in [4.69, 9.17) is 0 Å². The molecule has 90 valence electrons. The van der Waals surface area contributed by atoms with Crippen molar-refractivity contribution < 1.29 is 4.79 Å². The minimum absolute atomic E-state index is 0.0250. The first-order valence-corrected chi connectivity index (χ1v) is 5.56. The van der Waals surface area contributed by atoms with Crippen LogP contribution >= 0.6 is 0 Å². The molecule has 0 bridgehead atoms. The Balaban J connectivity index is 2.53. The Morgan fingerprint density at radius 1 is 1.62 bits per heavy atom. The molecule has 1 unspecified atom stereocenters. The summed E-state index contributed by atoms with van der Waals surface area (Å²) in [5.74, 6) is -0.0170. The standard InChI is InChI=1S/C11H20N4O/c1-5-12-6-8(2)11(16)13-10-7-15(4)14-9(10)3/h7-8,12H,5-6H2,1-4H3,(H,13,16). The summed E-state index contributed by atoms with van der Waals surface area (Å²) in [7, 11) is 1.84. The SMILES string of the molecule is CCNCC(C)C(=O)Nc1cn(C)nc1C. The maximum atomic E-state index is 11.8. The van der Waals surface area contributed by atoms with Crippen molar-refractivity contribution in [3.63, 3.8) is 0 Å². The monoisotopic (exact) mass is 224 g/mol. The topological polar surface area (TPSA) is 59.0 Å². The van der Waals surface area contributed by atoms with E-state index >= 15 is 0 Å². The zero-order valence-electron chi connectivity index (χ0n) is 10.4. The third-order valence-corrected chi connectivity index (χ3v) is 2.42. The van der Waals surface area contributed by atoms with Gasteiger partial charge in [-0.25, -0.2) is 0 Å². The molecule has 0 spiro atoms. The molecule has 0 aliphatic heterocycles. The molecule has 1 aromatic heterocycles. The largest absolute Gasteiger partial charge is 0.323 e. The molecule has 0 fully saturated rings. The Kier molecular flexibility index (Phi) is 4.49. The molecule has 0 aromatic carbocycles. The predicted molar refractivity (Wildman–Crippen MR) is 64.3 cm³/mol. The summed E-state index contributed by atoms with van der Waals surface area (Å²) in [6.07, 6.45) is 1.81. The molecule has 5 heteroatoms. The number of carbonyl (C=O) groups is 1. The molecule has 1 atom stereocenters. The van der Waals surface area contributed by atoms with Crippen molar-refractivity contribution in [2.24, 2.45) is 13.0 Å². The molecule has 1 amide bonds. The highest BCUT2D eigenvalue weighted by molar-refractivity contribution is 5.92. The van der Waals surface area contributed by atoms with Gasteiger partial charge in [-0.15, -0.1) is 0 Å². The van der Waals surface area contributed by atoms with Gasteiger partial charge in [-0.3, -0.25) is 9.48 Å². The number of nitrogens with zero attached hydrogens (tertiary/aromatic N) is 2. The van der Waals surface area contributed by atoms with Crippen molar-refractivity contribution in [2.75, 3.05) is 18.4 Å². The van der Waals surface area contributed by atoms with Crippen LogP contribution in [0.2, 0.25) is 0 Å². The number of aromatic nitrogens is 2. The molecule has 5 nitrogen and oxygen atoms in total. The molecule has 0 saturated heterocycles. The molecule has 0 aliphatic rings. The lowest BCUT2D eigenvalue weighted by Gasteiger charge is -2.11. The van der Waals surface area contributed by atoms with Gasteiger partial charge in [0.25, 0.3) is 0 Å². The third-order valence-electron chi connectivity index (χ3n) is 2.42. The molecule has 2 N–H and O–H groups in total. The summed E-state index contributed by atoms with van der Waals surface area (Å²) in [6.45, 7) is 7.38. The minimum atomic E-state index is -0.0421. The first-order chi connectivity index (χ1) is 7.54. The van der Waals surface area contributed by atoms with Crippen LogP contribution in [-0.2, 0) is 11.8 Å². The Morgan fingerprint density at radius 2 is 2.31 bits per heavy atom. The number of hydrogen-bond acceptors (Lipinski definition) is 3. The Morgan fingerprint density at radius 3 is 2.81 bits per heavy atom. The maximum absolute atomic E-state index is 11.8. The summed E-state index contributed by atoms with van der Waals surface area (Å²) >= 11 is 0. The Bertz CT molecular complexity index is 359. The molecule has 16 heavy (non-hydrogen) atoms. The minimum Gasteiger partial charge on any atom is -0.323 e. The summed E-state index contributed by atoms with van der Waals surface area (Å²) in [5.41, 5.74) is 1.63. The molecule has 0 radical (unpaired) electrons. The van der Waals surface area contributed by atoms with Gasteiger partial charge in [-0.2, -0.15) is 5.10 Å². The second-order valence-electron chi connectivity index (χ2n) is 4.00. The van der Waals surface area contributed by atoms with Gasteiger partial charge in [0.05, 0.1) is 11.4 Å². The van der Waals surface area contributed by atoms with E-state index in [2.05, 4.69) is 15.7 Å². The molecule has 0 aliphatic carbocycles. The van der Waals surface area contributed by atoms with Gasteiger partial charge in [0, 0.05) is 25.7 Å². The van der Waals surface area contributed by atoms with Gasteiger partial charge in [0.1, 0.15) is 0 Å². The van der Waals surface area contributed by atoms with Crippen LogP contribution in [0.25, 0.3) is 0 Å². The van der Waals surface area contributed by atoms with Crippen LogP contribution in [0.3, 0.4) is 0 Å². The highest BCUT2D eigenvalue weighted by Gasteiger charge is 2.14. The quantitative estimate of drug-likeness (QED) is 0.781. The van der Waals surface area contributed by atoms with Crippen molar-refractivity contribution in [2.45, 2.75) is 20.8 Å². The number of carbonyl (C=O) groups excluding carboxylic acids is 1. The molecular formula is C11H20N4O. The Labute approximate surface area is 96.2 Å². The fourth-order valence-corrected chi connectivity index (χ4v) is 1.43. The fraction of sp³-hybridized carbons (Fsp3) is 0.636. The number of hydrogen-bond donors (Lipinski definition) is 2. The second kappa shape index (κ2) is 5.65. The Hall–Kier alpha value is -1.36. The van der Waals surface area contributed by atoms with Crippen molar-refractivity contribution in [1.82, 2.24) is 15.1 Å². The molecule has 0 saturated carbocycles. The molecule has 1 aromatic rings. The van der Waals surface area contributed by atoms with Gasteiger partial charge in [0.15, 0.2) is 0 Å². The van der Waals surface area contributed by atoms with E-state index in [0.29, 0.717) is 6.54 Å². The number of anilines is 1. The predicted octanol–water partition coefficient (Wildman–Crippen LogP) is 0.913. The molecule has 1 heterocycles. The van der Waals surface area contributed by atoms with E-state index in [1.165, 1.54) is 0 Å². The van der Waals surface area contributed by atoms with Gasteiger partial charge in [-0.05, 0) is 13.5 Å². The average molecular weight is 224 g/mol. The van der Waals surface area contributed by atoms with Gasteiger partial charge in [0.2, 0.25) is 5.91 Å². The average Bonchev–Trinajstić information content (AvgIpc) is 2.53. The summed E-state index contributed by atoms with van der Waals surface area (Å²) < 4.78 is 1.69. The smallest absolute Gasteiger partial charge is 0.228 e. The molecular weight excluding hydrogens is 204 g/mol. The lowest BCUT2D eigenvalue weighted by Crippen LogP contribution is -2.30. The lowest BCUT2D eigenvalue weighted by atomic mass is 10.1. The van der Waals surface area contributed by atoms with Crippen LogP contribution in [0.5, 0.6) is 0 Å². The van der Waals surface area contributed by atoms with Crippen molar-refractivity contribution >= 4 is 11.6 Å². The number of rotatable bonds is 5.